The Morgan fingerprint density at radius 3 is 2.39 bits per heavy atom. The fourth-order valence-electron chi connectivity index (χ4n) is 4.32. The molecule has 38 heavy (non-hydrogen) atoms. The first-order chi connectivity index (χ1) is 17.9. The monoisotopic (exact) mass is 553 g/mol. The molecule has 3 aromatic rings. The number of carbonyl (C=O) groups is 1. The summed E-state index contributed by atoms with van der Waals surface area (Å²) in [7, 11) is 2.04. The molecule has 2 aliphatic rings. The number of likely N-dealkylation sites (N-methyl/N-ethyl adjacent to an activating group) is 1. The molecular weight excluding hydrogens is 532 g/mol. The molecule has 3 heterocycles. The van der Waals surface area contributed by atoms with Crippen molar-refractivity contribution in [1.29, 1.82) is 0 Å². The van der Waals surface area contributed by atoms with Crippen molar-refractivity contribution in [1.82, 2.24) is 19.6 Å². The summed E-state index contributed by atoms with van der Waals surface area (Å²) < 4.78 is 80.9. The Morgan fingerprint density at radius 1 is 0.974 bits per heavy atom. The Kier molecular flexibility index (Phi) is 6.76. The van der Waals surface area contributed by atoms with Gasteiger partial charge in [-0.3, -0.25) is 9.48 Å². The maximum atomic E-state index is 13.6. The number of aliphatic imine (C=N–C) groups is 1. The summed E-state index contributed by atoms with van der Waals surface area (Å²) in [4.78, 5) is 21.4. The van der Waals surface area contributed by atoms with Crippen molar-refractivity contribution in [3.63, 3.8) is 0 Å². The van der Waals surface area contributed by atoms with Gasteiger partial charge < -0.3 is 9.80 Å². The third-order valence-corrected chi connectivity index (χ3v) is 7.45. The summed E-state index contributed by atoms with van der Waals surface area (Å²) in [5, 5.41) is 5.43. The second-order valence-corrected chi connectivity index (χ2v) is 10.1. The fourth-order valence-corrected chi connectivity index (χ4v) is 5.28. The zero-order valence-corrected chi connectivity index (χ0v) is 20.8. The van der Waals surface area contributed by atoms with Crippen LogP contribution >= 0.6 is 11.8 Å². The molecule has 1 amide bonds. The van der Waals surface area contributed by atoms with Crippen LogP contribution in [0.1, 0.15) is 22.3 Å². The molecule has 0 unspecified atom stereocenters. The van der Waals surface area contributed by atoms with Crippen molar-refractivity contribution in [3.05, 3.63) is 69.8 Å². The summed E-state index contributed by atoms with van der Waals surface area (Å²) in [5.41, 5.74) is -1.86. The van der Waals surface area contributed by atoms with Crippen LogP contribution in [0.5, 0.6) is 0 Å². The van der Waals surface area contributed by atoms with Crippen LogP contribution in [0.3, 0.4) is 0 Å². The van der Waals surface area contributed by atoms with Crippen molar-refractivity contribution in [3.8, 4) is 0 Å². The number of thioether (sulfide) groups is 1. The third-order valence-electron chi connectivity index (χ3n) is 6.41. The first kappa shape index (κ1) is 26.3. The predicted molar refractivity (Wildman–Crippen MR) is 132 cm³/mol. The van der Waals surface area contributed by atoms with E-state index in [-0.39, 0.29) is 24.1 Å². The lowest BCUT2D eigenvalue weighted by atomic mass is 10.0. The molecule has 200 valence electrons. The number of amidine groups is 1. The minimum absolute atomic E-state index is 0.125. The molecule has 1 aromatic heterocycles. The second-order valence-electron chi connectivity index (χ2n) is 9.09. The molecule has 2 aliphatic heterocycles. The van der Waals surface area contributed by atoms with E-state index in [4.69, 9.17) is 0 Å². The molecule has 0 N–H and O–H groups in total. The van der Waals surface area contributed by atoms with Gasteiger partial charge in [-0.2, -0.15) is 36.4 Å². The Morgan fingerprint density at radius 2 is 1.71 bits per heavy atom. The van der Waals surface area contributed by atoms with E-state index in [1.54, 1.807) is 24.3 Å². The smallest absolute Gasteiger partial charge is 0.348 e. The number of alkyl halides is 6. The van der Waals surface area contributed by atoms with Crippen LogP contribution in [-0.2, 0) is 23.7 Å². The number of benzene rings is 2. The van der Waals surface area contributed by atoms with E-state index in [0.29, 0.717) is 32.6 Å². The molecule has 0 radical (unpaired) electrons. The van der Waals surface area contributed by atoms with E-state index in [0.717, 1.165) is 32.2 Å². The number of carbonyl (C=O) groups excluding carboxylic acids is 1. The number of fused-ring (bicyclic) bond motifs is 1. The number of amides is 1. The van der Waals surface area contributed by atoms with Crippen LogP contribution in [0, 0.1) is 0 Å². The van der Waals surface area contributed by atoms with Crippen molar-refractivity contribution in [2.24, 2.45) is 4.99 Å². The largest absolute Gasteiger partial charge is 0.416 e. The molecule has 2 aromatic carbocycles. The first-order valence-electron chi connectivity index (χ1n) is 11.6. The molecule has 0 atom stereocenters. The lowest BCUT2D eigenvalue weighted by molar-refractivity contribution is -0.143. The van der Waals surface area contributed by atoms with E-state index in [2.05, 4.69) is 19.9 Å². The molecule has 5 rings (SSSR count). The highest BCUT2D eigenvalue weighted by Gasteiger charge is 2.38. The van der Waals surface area contributed by atoms with Gasteiger partial charge in [0.1, 0.15) is 0 Å². The topological polar surface area (TPSA) is 53.7 Å². The third kappa shape index (κ3) is 5.44. The van der Waals surface area contributed by atoms with Gasteiger partial charge in [-0.25, -0.2) is 0 Å². The number of piperazine rings is 1. The van der Waals surface area contributed by atoms with Crippen LogP contribution in [-0.4, -0.2) is 63.9 Å². The fraction of sp³-hybridized carbons (Fsp3) is 0.320. The summed E-state index contributed by atoms with van der Waals surface area (Å²) in [6, 6.07) is 6.68. The van der Waals surface area contributed by atoms with Crippen LogP contribution < -0.4 is 0 Å². The van der Waals surface area contributed by atoms with E-state index in [1.807, 2.05) is 7.05 Å². The van der Waals surface area contributed by atoms with Gasteiger partial charge in [0.2, 0.25) is 0 Å². The highest BCUT2D eigenvalue weighted by molar-refractivity contribution is 8.18. The Bertz CT molecular complexity index is 1450. The van der Waals surface area contributed by atoms with Crippen LogP contribution in [0.4, 0.5) is 26.3 Å². The highest BCUT2D eigenvalue weighted by Crippen LogP contribution is 2.38. The minimum Gasteiger partial charge on any atom is -0.348 e. The molecule has 1 fully saturated rings. The second kappa shape index (κ2) is 9.77. The highest BCUT2D eigenvalue weighted by atomic mass is 32.2. The lowest BCUT2D eigenvalue weighted by Crippen LogP contribution is -2.46. The van der Waals surface area contributed by atoms with Gasteiger partial charge in [-0.1, -0.05) is 12.1 Å². The average Bonchev–Trinajstić information content (AvgIpc) is 3.41. The molecule has 0 saturated carbocycles. The number of hydrogen-bond acceptors (Lipinski definition) is 5. The SMILES string of the molecule is CN1CCN(C2=NC(=O)/C(=C/c3ccc4c(cnn4Cc4ccc(C(F)(F)F)cc4C(F)(F)F)c3)S2)CC1. The Labute approximate surface area is 217 Å². The van der Waals surface area contributed by atoms with Crippen molar-refractivity contribution in [2.45, 2.75) is 18.9 Å². The van der Waals surface area contributed by atoms with Gasteiger partial charge in [0.25, 0.3) is 5.91 Å². The van der Waals surface area contributed by atoms with E-state index in [9.17, 15) is 31.1 Å². The quantitative estimate of drug-likeness (QED) is 0.324. The Balaban J connectivity index is 1.37. The molecule has 13 heteroatoms. The minimum atomic E-state index is -4.96. The summed E-state index contributed by atoms with van der Waals surface area (Å²) >= 11 is 1.30. The van der Waals surface area contributed by atoms with Gasteiger partial charge in [-0.05, 0) is 60.3 Å². The zero-order chi connectivity index (χ0) is 27.2. The normalized spacial score (nSPS) is 18.6. The van der Waals surface area contributed by atoms with Gasteiger partial charge in [-0.15, -0.1) is 0 Å². The van der Waals surface area contributed by atoms with Crippen molar-refractivity contribution in [2.75, 3.05) is 33.2 Å². The van der Waals surface area contributed by atoms with Crippen molar-refractivity contribution >= 4 is 39.8 Å². The number of hydrogen-bond donors (Lipinski definition) is 0. The molecule has 1 saturated heterocycles. The van der Waals surface area contributed by atoms with Crippen LogP contribution in [0.2, 0.25) is 0 Å². The maximum absolute atomic E-state index is 13.6. The van der Waals surface area contributed by atoms with Gasteiger partial charge in [0.15, 0.2) is 5.17 Å². The summed E-state index contributed by atoms with van der Waals surface area (Å²) in [5.74, 6) is -0.332. The molecule has 0 spiro atoms. The summed E-state index contributed by atoms with van der Waals surface area (Å²) in [6.07, 6.45) is -6.69. The van der Waals surface area contributed by atoms with Crippen LogP contribution in [0.15, 0.2) is 52.5 Å². The van der Waals surface area contributed by atoms with E-state index in [1.165, 1.54) is 22.6 Å². The van der Waals surface area contributed by atoms with Gasteiger partial charge >= 0.3 is 12.4 Å². The van der Waals surface area contributed by atoms with Crippen molar-refractivity contribution < 1.29 is 31.1 Å². The first-order valence-corrected chi connectivity index (χ1v) is 12.4. The van der Waals surface area contributed by atoms with E-state index < -0.39 is 23.5 Å². The van der Waals surface area contributed by atoms with Crippen LogP contribution in [0.25, 0.3) is 17.0 Å². The van der Waals surface area contributed by atoms with Gasteiger partial charge in [0.05, 0.1) is 34.3 Å². The maximum Gasteiger partial charge on any atom is 0.416 e. The van der Waals surface area contributed by atoms with Gasteiger partial charge in [0, 0.05) is 31.6 Å². The molecule has 0 bridgehead atoms. The molecule has 6 nitrogen and oxygen atoms in total. The summed E-state index contributed by atoms with van der Waals surface area (Å²) in [6.45, 7) is 2.95. The molecule has 0 aliphatic carbocycles. The zero-order valence-electron chi connectivity index (χ0n) is 20.0. The number of halogens is 6. The molecular formula is C25H21F6N5OS. The standard InChI is InChI=1S/C25H21F6N5OS/c1-34-6-8-35(9-7-34)23-33-22(37)21(38-23)11-15-2-5-20-17(10-15)13-32-36(20)14-16-3-4-18(24(26,27)28)12-19(16)25(29,30)31/h2-5,10-13H,6-9,14H2,1H3/b21-11-. The number of nitrogens with zero attached hydrogens (tertiary/aromatic N) is 5. The number of rotatable bonds is 3. The lowest BCUT2D eigenvalue weighted by Gasteiger charge is -2.32. The predicted octanol–water partition coefficient (Wildman–Crippen LogP) is 5.34. The Hall–Kier alpha value is -3.32. The van der Waals surface area contributed by atoms with E-state index >= 15 is 0 Å². The average molecular weight is 554 g/mol. The number of aromatic nitrogens is 2.